The van der Waals surface area contributed by atoms with E-state index in [2.05, 4.69) is 4.90 Å². The summed E-state index contributed by atoms with van der Waals surface area (Å²) in [6.45, 7) is 2.81. The Balaban J connectivity index is 1.57. The number of methoxy groups -OCH3 is 1. The average Bonchev–Trinajstić information content (AvgIpc) is 2.63. The average molecular weight is 363 g/mol. The number of amides is 1. The van der Waals surface area contributed by atoms with Crippen molar-refractivity contribution >= 4 is 23.2 Å². The van der Waals surface area contributed by atoms with Gasteiger partial charge in [0, 0.05) is 31.9 Å². The zero-order chi connectivity index (χ0) is 17.8. The molecule has 0 bridgehead atoms. The van der Waals surface area contributed by atoms with Crippen LogP contribution in [-0.2, 0) is 11.2 Å². The maximum Gasteiger partial charge on any atom is 0.227 e. The van der Waals surface area contributed by atoms with Crippen LogP contribution in [0.5, 0.6) is 5.75 Å². The molecule has 132 valence electrons. The first-order valence-corrected chi connectivity index (χ1v) is 8.55. The largest absolute Gasteiger partial charge is 0.495 e. The Bertz CT molecular complexity index is 744. The summed E-state index contributed by atoms with van der Waals surface area (Å²) < 4.78 is 18.1. The lowest BCUT2D eigenvalue weighted by molar-refractivity contribution is -0.130. The summed E-state index contributed by atoms with van der Waals surface area (Å²) in [6.07, 6.45) is 0.300. The Morgan fingerprint density at radius 2 is 1.80 bits per heavy atom. The van der Waals surface area contributed by atoms with Crippen LogP contribution in [0.1, 0.15) is 5.56 Å². The van der Waals surface area contributed by atoms with E-state index in [4.69, 9.17) is 16.3 Å². The second-order valence-corrected chi connectivity index (χ2v) is 6.40. The van der Waals surface area contributed by atoms with E-state index < -0.39 is 0 Å². The van der Waals surface area contributed by atoms with Gasteiger partial charge in [-0.15, -0.1) is 0 Å². The van der Waals surface area contributed by atoms with Crippen LogP contribution in [0.3, 0.4) is 0 Å². The molecule has 3 rings (SSSR count). The van der Waals surface area contributed by atoms with E-state index in [-0.39, 0.29) is 11.7 Å². The normalized spacial score (nSPS) is 14.5. The first-order chi connectivity index (χ1) is 12.1. The van der Waals surface area contributed by atoms with Gasteiger partial charge in [0.2, 0.25) is 5.91 Å². The molecule has 1 heterocycles. The highest BCUT2D eigenvalue weighted by atomic mass is 35.5. The van der Waals surface area contributed by atoms with Crippen molar-refractivity contribution in [3.63, 3.8) is 0 Å². The lowest BCUT2D eigenvalue weighted by Crippen LogP contribution is -2.49. The van der Waals surface area contributed by atoms with Gasteiger partial charge in [0.15, 0.2) is 0 Å². The third-order valence-corrected chi connectivity index (χ3v) is 4.70. The lowest BCUT2D eigenvalue weighted by Gasteiger charge is -2.36. The number of ether oxygens (including phenoxy) is 1. The molecule has 0 atom stereocenters. The third kappa shape index (κ3) is 4.23. The summed E-state index contributed by atoms with van der Waals surface area (Å²) in [7, 11) is 1.59. The maximum atomic E-state index is 12.9. The van der Waals surface area contributed by atoms with Gasteiger partial charge in [-0.25, -0.2) is 4.39 Å². The number of hydrogen-bond acceptors (Lipinski definition) is 3. The van der Waals surface area contributed by atoms with Gasteiger partial charge in [0.25, 0.3) is 0 Å². The molecule has 25 heavy (non-hydrogen) atoms. The number of hydrogen-bond donors (Lipinski definition) is 0. The minimum Gasteiger partial charge on any atom is -0.495 e. The van der Waals surface area contributed by atoms with Crippen molar-refractivity contribution in [2.24, 2.45) is 0 Å². The topological polar surface area (TPSA) is 32.8 Å². The molecule has 1 saturated heterocycles. The SMILES string of the molecule is COc1ccc(N2CCN(C(=O)Cc3ccc(F)cc3)CC2)cc1Cl. The number of rotatable bonds is 4. The molecular formula is C19H20ClFN2O2. The Morgan fingerprint density at radius 3 is 2.40 bits per heavy atom. The minimum atomic E-state index is -0.289. The predicted octanol–water partition coefficient (Wildman–Crippen LogP) is 3.38. The molecule has 0 N–H and O–H groups in total. The van der Waals surface area contributed by atoms with E-state index in [0.717, 1.165) is 24.3 Å². The molecule has 2 aromatic rings. The fraction of sp³-hybridized carbons (Fsp3) is 0.316. The number of nitrogens with zero attached hydrogens (tertiary/aromatic N) is 2. The number of carbonyl (C=O) groups is 1. The van der Waals surface area contributed by atoms with Gasteiger partial charge in [-0.3, -0.25) is 4.79 Å². The van der Waals surface area contributed by atoms with Crippen molar-refractivity contribution in [1.82, 2.24) is 4.90 Å². The molecule has 1 amide bonds. The van der Waals surface area contributed by atoms with Crippen LogP contribution in [0, 0.1) is 5.82 Å². The Morgan fingerprint density at radius 1 is 1.12 bits per heavy atom. The van der Waals surface area contributed by atoms with Crippen LogP contribution < -0.4 is 9.64 Å². The van der Waals surface area contributed by atoms with Crippen LogP contribution in [0.2, 0.25) is 5.02 Å². The van der Waals surface area contributed by atoms with Gasteiger partial charge in [-0.05, 0) is 35.9 Å². The fourth-order valence-electron chi connectivity index (χ4n) is 2.95. The summed E-state index contributed by atoms with van der Waals surface area (Å²) in [5.41, 5.74) is 1.85. The molecule has 1 aliphatic rings. The molecular weight excluding hydrogens is 343 g/mol. The smallest absolute Gasteiger partial charge is 0.227 e. The van der Waals surface area contributed by atoms with Crippen molar-refractivity contribution in [3.8, 4) is 5.75 Å². The summed E-state index contributed by atoms with van der Waals surface area (Å²) >= 11 is 6.19. The number of carbonyl (C=O) groups excluding carboxylic acids is 1. The van der Waals surface area contributed by atoms with Crippen LogP contribution in [0.25, 0.3) is 0 Å². The number of halogens is 2. The first-order valence-electron chi connectivity index (χ1n) is 8.17. The highest BCUT2D eigenvalue weighted by Crippen LogP contribution is 2.29. The highest BCUT2D eigenvalue weighted by Gasteiger charge is 2.21. The first kappa shape index (κ1) is 17.5. The number of piperazine rings is 1. The molecule has 6 heteroatoms. The third-order valence-electron chi connectivity index (χ3n) is 4.40. The van der Waals surface area contributed by atoms with E-state index in [0.29, 0.717) is 30.3 Å². The van der Waals surface area contributed by atoms with Gasteiger partial charge in [0.05, 0.1) is 18.6 Å². The molecule has 0 unspecified atom stereocenters. The van der Waals surface area contributed by atoms with Crippen molar-refractivity contribution in [2.45, 2.75) is 6.42 Å². The second kappa shape index (κ2) is 7.74. The second-order valence-electron chi connectivity index (χ2n) is 5.99. The van der Waals surface area contributed by atoms with E-state index in [1.807, 2.05) is 23.1 Å². The van der Waals surface area contributed by atoms with E-state index in [9.17, 15) is 9.18 Å². The van der Waals surface area contributed by atoms with Crippen LogP contribution in [-0.4, -0.2) is 44.1 Å². The number of benzene rings is 2. The summed E-state index contributed by atoms with van der Waals surface area (Å²) in [5, 5.41) is 0.579. The zero-order valence-electron chi connectivity index (χ0n) is 14.0. The van der Waals surface area contributed by atoms with Gasteiger partial charge < -0.3 is 14.5 Å². The van der Waals surface area contributed by atoms with Gasteiger partial charge >= 0.3 is 0 Å². The van der Waals surface area contributed by atoms with Crippen molar-refractivity contribution in [3.05, 3.63) is 58.9 Å². The summed E-state index contributed by atoms with van der Waals surface area (Å²) in [6, 6.07) is 11.8. The van der Waals surface area contributed by atoms with Gasteiger partial charge in [-0.2, -0.15) is 0 Å². The lowest BCUT2D eigenvalue weighted by atomic mass is 10.1. The van der Waals surface area contributed by atoms with Crippen molar-refractivity contribution in [1.29, 1.82) is 0 Å². The molecule has 0 spiro atoms. The van der Waals surface area contributed by atoms with E-state index >= 15 is 0 Å². The Hall–Kier alpha value is -2.27. The van der Waals surface area contributed by atoms with Gasteiger partial charge in [-0.1, -0.05) is 23.7 Å². The van der Waals surface area contributed by atoms with Crippen LogP contribution in [0.15, 0.2) is 42.5 Å². The highest BCUT2D eigenvalue weighted by molar-refractivity contribution is 6.32. The fourth-order valence-corrected chi connectivity index (χ4v) is 3.21. The Labute approximate surface area is 151 Å². The summed E-state index contributed by atoms with van der Waals surface area (Å²) in [5.74, 6) is 0.431. The molecule has 0 radical (unpaired) electrons. The van der Waals surface area contributed by atoms with Crippen molar-refractivity contribution < 1.29 is 13.9 Å². The van der Waals surface area contributed by atoms with Crippen LogP contribution in [0.4, 0.5) is 10.1 Å². The molecule has 0 saturated carbocycles. The van der Waals surface area contributed by atoms with E-state index in [1.54, 1.807) is 19.2 Å². The molecule has 4 nitrogen and oxygen atoms in total. The predicted molar refractivity (Wildman–Crippen MR) is 96.9 cm³/mol. The standard InChI is InChI=1S/C19H20ClFN2O2/c1-25-18-7-6-16(13-17(18)20)22-8-10-23(11-9-22)19(24)12-14-2-4-15(21)5-3-14/h2-7,13H,8-12H2,1H3. The van der Waals surface area contributed by atoms with E-state index in [1.165, 1.54) is 12.1 Å². The van der Waals surface area contributed by atoms with Crippen molar-refractivity contribution in [2.75, 3.05) is 38.2 Å². The minimum absolute atomic E-state index is 0.0685. The molecule has 1 aliphatic heterocycles. The zero-order valence-corrected chi connectivity index (χ0v) is 14.8. The molecule has 0 aliphatic carbocycles. The Kier molecular flexibility index (Phi) is 5.43. The molecule has 0 aromatic heterocycles. The quantitative estimate of drug-likeness (QED) is 0.836. The van der Waals surface area contributed by atoms with Gasteiger partial charge in [0.1, 0.15) is 11.6 Å². The molecule has 2 aromatic carbocycles. The van der Waals surface area contributed by atoms with Crippen LogP contribution >= 0.6 is 11.6 Å². The molecule has 1 fully saturated rings. The number of anilines is 1. The summed E-state index contributed by atoms with van der Waals surface area (Å²) in [4.78, 5) is 16.5. The maximum absolute atomic E-state index is 12.9. The monoisotopic (exact) mass is 362 g/mol.